The zero-order chi connectivity index (χ0) is 12.1. The number of benzene rings is 1. The van der Waals surface area contributed by atoms with Gasteiger partial charge in [0.2, 0.25) is 0 Å². The van der Waals surface area contributed by atoms with E-state index in [1.54, 1.807) is 7.05 Å². The van der Waals surface area contributed by atoms with Crippen molar-refractivity contribution in [1.29, 1.82) is 0 Å². The molecule has 0 saturated heterocycles. The second-order valence-corrected chi connectivity index (χ2v) is 2.92. The molecule has 0 bridgehead atoms. The Bertz CT molecular complexity index is 385. The fraction of sp³-hybridized carbons (Fsp3) is 0.333. The summed E-state index contributed by atoms with van der Waals surface area (Å²) < 4.78 is 28.5. The number of nitro benzene ring substituents is 1. The average molecular weight is 232 g/mol. The number of nitrogens with zero attached hydrogens (tertiary/aromatic N) is 1. The number of halogens is 2. The highest BCUT2D eigenvalue weighted by Gasteiger charge is 2.11. The average Bonchev–Trinajstić information content (AvgIpc) is 2.25. The Morgan fingerprint density at radius 1 is 1.50 bits per heavy atom. The lowest BCUT2D eigenvalue weighted by molar-refractivity contribution is -0.384. The van der Waals surface area contributed by atoms with Gasteiger partial charge in [0, 0.05) is 24.9 Å². The maximum Gasteiger partial charge on any atom is 0.275 e. The van der Waals surface area contributed by atoms with Crippen LogP contribution in [0.2, 0.25) is 0 Å². The van der Waals surface area contributed by atoms with Crippen molar-refractivity contribution in [3.63, 3.8) is 0 Å². The van der Waals surface area contributed by atoms with Crippen LogP contribution in [0.25, 0.3) is 0 Å². The van der Waals surface area contributed by atoms with Gasteiger partial charge < -0.3 is 10.1 Å². The van der Waals surface area contributed by atoms with Crippen molar-refractivity contribution in [3.05, 3.63) is 28.3 Å². The van der Waals surface area contributed by atoms with E-state index >= 15 is 0 Å². The second kappa shape index (κ2) is 5.24. The van der Waals surface area contributed by atoms with E-state index in [1.165, 1.54) is 12.1 Å². The van der Waals surface area contributed by atoms with Gasteiger partial charge in [-0.25, -0.2) is 8.78 Å². The van der Waals surface area contributed by atoms with Crippen LogP contribution in [0.1, 0.15) is 0 Å². The van der Waals surface area contributed by atoms with Gasteiger partial charge in [0.25, 0.3) is 12.1 Å². The van der Waals surface area contributed by atoms with Crippen LogP contribution in [0.3, 0.4) is 0 Å². The highest BCUT2D eigenvalue weighted by atomic mass is 19.3. The van der Waals surface area contributed by atoms with E-state index in [4.69, 9.17) is 4.74 Å². The van der Waals surface area contributed by atoms with E-state index in [-0.39, 0.29) is 11.4 Å². The summed E-state index contributed by atoms with van der Waals surface area (Å²) >= 11 is 0. The van der Waals surface area contributed by atoms with Crippen molar-refractivity contribution in [2.45, 2.75) is 6.43 Å². The minimum Gasteiger partial charge on any atom is -0.487 e. The summed E-state index contributed by atoms with van der Waals surface area (Å²) in [6.45, 7) is -0.787. The van der Waals surface area contributed by atoms with Crippen molar-refractivity contribution < 1.29 is 18.4 Å². The molecule has 0 saturated carbocycles. The van der Waals surface area contributed by atoms with Crippen LogP contribution in [0.15, 0.2) is 18.2 Å². The molecule has 16 heavy (non-hydrogen) atoms. The lowest BCUT2D eigenvalue weighted by atomic mass is 10.2. The van der Waals surface area contributed by atoms with E-state index in [0.29, 0.717) is 5.69 Å². The number of anilines is 1. The Balaban J connectivity index is 2.90. The number of non-ortho nitro benzene ring substituents is 1. The van der Waals surface area contributed by atoms with Crippen molar-refractivity contribution in [2.75, 3.05) is 19.0 Å². The Hall–Kier alpha value is -1.92. The van der Waals surface area contributed by atoms with Crippen LogP contribution in [0.4, 0.5) is 20.2 Å². The monoisotopic (exact) mass is 232 g/mol. The van der Waals surface area contributed by atoms with Gasteiger partial charge in [-0.15, -0.1) is 0 Å². The summed E-state index contributed by atoms with van der Waals surface area (Å²) in [5, 5.41) is 13.2. The third-order valence-electron chi connectivity index (χ3n) is 1.77. The van der Waals surface area contributed by atoms with Gasteiger partial charge in [0.05, 0.1) is 11.0 Å². The smallest absolute Gasteiger partial charge is 0.275 e. The second-order valence-electron chi connectivity index (χ2n) is 2.92. The molecule has 1 aromatic rings. The van der Waals surface area contributed by atoms with Crippen molar-refractivity contribution in [3.8, 4) is 5.75 Å². The maximum atomic E-state index is 11.9. The van der Waals surface area contributed by atoms with E-state index in [0.717, 1.165) is 6.07 Å². The molecule has 0 spiro atoms. The zero-order valence-electron chi connectivity index (χ0n) is 8.44. The van der Waals surface area contributed by atoms with Gasteiger partial charge in [0.15, 0.2) is 0 Å². The first-order valence-corrected chi connectivity index (χ1v) is 4.41. The Labute approximate surface area is 90.2 Å². The van der Waals surface area contributed by atoms with Crippen molar-refractivity contribution >= 4 is 11.4 Å². The van der Waals surface area contributed by atoms with Crippen LogP contribution >= 0.6 is 0 Å². The fourth-order valence-corrected chi connectivity index (χ4v) is 1.08. The van der Waals surface area contributed by atoms with Crippen molar-refractivity contribution in [2.24, 2.45) is 0 Å². The van der Waals surface area contributed by atoms with Gasteiger partial charge >= 0.3 is 0 Å². The van der Waals surface area contributed by atoms with Crippen LogP contribution in [-0.4, -0.2) is 25.0 Å². The van der Waals surface area contributed by atoms with Gasteiger partial charge in [-0.3, -0.25) is 10.1 Å². The highest BCUT2D eigenvalue weighted by molar-refractivity contribution is 5.55. The first-order chi connectivity index (χ1) is 7.52. The zero-order valence-corrected chi connectivity index (χ0v) is 8.44. The quantitative estimate of drug-likeness (QED) is 0.624. The summed E-state index contributed by atoms with van der Waals surface area (Å²) in [6, 6.07) is 3.80. The molecule has 1 aromatic carbocycles. The Morgan fingerprint density at radius 2 is 2.19 bits per heavy atom. The van der Waals surface area contributed by atoms with Crippen molar-refractivity contribution in [1.82, 2.24) is 0 Å². The molecule has 5 nitrogen and oxygen atoms in total. The molecular weight excluding hydrogens is 222 g/mol. The summed E-state index contributed by atoms with van der Waals surface area (Å²) in [6.07, 6.45) is -2.61. The summed E-state index contributed by atoms with van der Waals surface area (Å²) in [5.74, 6) is 0.0406. The predicted octanol–water partition coefficient (Wildman–Crippen LogP) is 2.28. The largest absolute Gasteiger partial charge is 0.487 e. The number of nitro groups is 1. The fourth-order valence-electron chi connectivity index (χ4n) is 1.08. The number of rotatable bonds is 5. The van der Waals surface area contributed by atoms with Crippen LogP contribution in [0, 0.1) is 10.1 Å². The number of ether oxygens (including phenoxy) is 1. The van der Waals surface area contributed by atoms with E-state index in [2.05, 4.69) is 5.32 Å². The van der Waals surface area contributed by atoms with Gasteiger partial charge in [-0.1, -0.05) is 0 Å². The number of nitrogens with one attached hydrogen (secondary N) is 1. The Morgan fingerprint density at radius 3 is 2.69 bits per heavy atom. The van der Waals surface area contributed by atoms with E-state index in [1.807, 2.05) is 0 Å². The number of hydrogen-bond acceptors (Lipinski definition) is 4. The standard InChI is InChI=1S/C9H10F2N2O3/c1-12-6-2-7(13(14)15)4-8(3-6)16-5-9(10)11/h2-4,9,12H,5H2,1H3. The normalized spacial score (nSPS) is 10.2. The molecule has 88 valence electrons. The third-order valence-corrected chi connectivity index (χ3v) is 1.77. The first-order valence-electron chi connectivity index (χ1n) is 4.41. The lowest BCUT2D eigenvalue weighted by Gasteiger charge is -2.07. The molecule has 0 aliphatic rings. The SMILES string of the molecule is CNc1cc(OCC(F)F)cc([N+](=O)[O-])c1. The molecule has 0 amide bonds. The molecule has 7 heteroatoms. The van der Waals surface area contributed by atoms with Crippen LogP contribution < -0.4 is 10.1 Å². The molecular formula is C9H10F2N2O3. The van der Waals surface area contributed by atoms with E-state index in [9.17, 15) is 18.9 Å². The molecule has 1 N–H and O–H groups in total. The first kappa shape index (κ1) is 12.2. The molecule has 0 radical (unpaired) electrons. The lowest BCUT2D eigenvalue weighted by Crippen LogP contribution is -2.07. The van der Waals surface area contributed by atoms with Crippen LogP contribution in [0.5, 0.6) is 5.75 Å². The summed E-state index contributed by atoms with van der Waals surface area (Å²) in [5.41, 5.74) is 0.217. The minimum atomic E-state index is -2.61. The molecule has 0 aliphatic heterocycles. The van der Waals surface area contributed by atoms with Gasteiger partial charge in [0.1, 0.15) is 12.4 Å². The molecule has 1 rings (SSSR count). The van der Waals surface area contributed by atoms with Gasteiger partial charge in [-0.2, -0.15) is 0 Å². The maximum absolute atomic E-state index is 11.9. The molecule has 0 fully saturated rings. The summed E-state index contributed by atoms with van der Waals surface area (Å²) in [4.78, 5) is 9.92. The molecule has 0 unspecified atom stereocenters. The highest BCUT2D eigenvalue weighted by Crippen LogP contribution is 2.25. The molecule has 0 atom stereocenters. The summed E-state index contributed by atoms with van der Waals surface area (Å²) in [7, 11) is 1.57. The molecule has 0 aromatic heterocycles. The van der Waals surface area contributed by atoms with Crippen LogP contribution in [-0.2, 0) is 0 Å². The molecule has 0 heterocycles. The topological polar surface area (TPSA) is 64.4 Å². The number of alkyl halides is 2. The third kappa shape index (κ3) is 3.34. The number of hydrogen-bond donors (Lipinski definition) is 1. The van der Waals surface area contributed by atoms with E-state index < -0.39 is 18.0 Å². The molecule has 0 aliphatic carbocycles. The van der Waals surface area contributed by atoms with Gasteiger partial charge in [-0.05, 0) is 0 Å². The Kier molecular flexibility index (Phi) is 3.98. The minimum absolute atomic E-state index is 0.0406. The predicted molar refractivity (Wildman–Crippen MR) is 54.1 cm³/mol.